The van der Waals surface area contributed by atoms with Crippen LogP contribution in [-0.2, 0) is 0 Å². The molecular formula is C15H24N2. The van der Waals surface area contributed by atoms with Gasteiger partial charge in [-0.05, 0) is 44.9 Å². The third kappa shape index (κ3) is 3.22. The van der Waals surface area contributed by atoms with Gasteiger partial charge in [-0.1, -0.05) is 30.5 Å². The molecule has 0 heterocycles. The first kappa shape index (κ1) is 12.4. The normalized spacial score (nSPS) is 16.4. The summed E-state index contributed by atoms with van der Waals surface area (Å²) < 4.78 is 0. The van der Waals surface area contributed by atoms with E-state index in [1.54, 1.807) is 0 Å². The Labute approximate surface area is 105 Å². The number of anilines is 1. The lowest BCUT2D eigenvalue weighted by molar-refractivity contribution is 0.593. The molecule has 1 aromatic carbocycles. The van der Waals surface area contributed by atoms with Crippen LogP contribution in [0.1, 0.15) is 37.7 Å². The quantitative estimate of drug-likeness (QED) is 0.845. The molecule has 94 valence electrons. The van der Waals surface area contributed by atoms with Crippen molar-refractivity contribution in [2.24, 2.45) is 5.73 Å². The van der Waals surface area contributed by atoms with Crippen LogP contribution in [0.25, 0.3) is 0 Å². The van der Waals surface area contributed by atoms with Gasteiger partial charge in [-0.25, -0.2) is 0 Å². The lowest BCUT2D eigenvalue weighted by Crippen LogP contribution is -2.35. The topological polar surface area (TPSA) is 29.3 Å². The molecule has 0 saturated heterocycles. The van der Waals surface area contributed by atoms with E-state index in [1.165, 1.54) is 36.9 Å². The van der Waals surface area contributed by atoms with Gasteiger partial charge in [0.05, 0.1) is 0 Å². The van der Waals surface area contributed by atoms with E-state index >= 15 is 0 Å². The Bertz CT molecular complexity index is 325. The Morgan fingerprint density at radius 2 is 1.82 bits per heavy atom. The van der Waals surface area contributed by atoms with E-state index in [4.69, 9.17) is 5.73 Å². The molecule has 1 fully saturated rings. The molecular weight excluding hydrogens is 208 g/mol. The van der Waals surface area contributed by atoms with Gasteiger partial charge in [-0.3, -0.25) is 0 Å². The largest absolute Gasteiger partial charge is 0.369 e. The molecule has 1 aromatic rings. The van der Waals surface area contributed by atoms with E-state index in [0.29, 0.717) is 0 Å². The van der Waals surface area contributed by atoms with Crippen molar-refractivity contribution in [3.05, 3.63) is 29.8 Å². The van der Waals surface area contributed by atoms with Gasteiger partial charge in [-0.2, -0.15) is 0 Å². The minimum atomic E-state index is 0.740. The van der Waals surface area contributed by atoms with Crippen molar-refractivity contribution in [2.75, 3.05) is 18.0 Å². The monoisotopic (exact) mass is 232 g/mol. The highest BCUT2D eigenvalue weighted by atomic mass is 15.2. The number of nitrogens with two attached hydrogens (primary N) is 1. The van der Waals surface area contributed by atoms with E-state index in [-0.39, 0.29) is 0 Å². The fourth-order valence-electron chi connectivity index (χ4n) is 2.74. The molecule has 2 rings (SSSR count). The van der Waals surface area contributed by atoms with Crippen LogP contribution >= 0.6 is 0 Å². The summed E-state index contributed by atoms with van der Waals surface area (Å²) >= 11 is 0. The van der Waals surface area contributed by atoms with E-state index in [9.17, 15) is 0 Å². The standard InChI is InChI=1S/C15H24N2/c1-13-7-9-15(10-8-13)17(12-4-11-16)14-5-2-3-6-14/h7-10,14H,2-6,11-12,16H2,1H3. The van der Waals surface area contributed by atoms with Gasteiger partial charge >= 0.3 is 0 Å². The highest BCUT2D eigenvalue weighted by Gasteiger charge is 2.22. The Morgan fingerprint density at radius 1 is 1.18 bits per heavy atom. The molecule has 0 aliphatic heterocycles. The zero-order valence-electron chi connectivity index (χ0n) is 10.9. The van der Waals surface area contributed by atoms with E-state index < -0.39 is 0 Å². The van der Waals surface area contributed by atoms with Crippen LogP contribution in [0.5, 0.6) is 0 Å². The highest BCUT2D eigenvalue weighted by Crippen LogP contribution is 2.28. The van der Waals surface area contributed by atoms with Crippen LogP contribution in [0.3, 0.4) is 0 Å². The third-order valence-electron chi connectivity index (χ3n) is 3.73. The van der Waals surface area contributed by atoms with Crippen LogP contribution < -0.4 is 10.6 Å². The average molecular weight is 232 g/mol. The maximum Gasteiger partial charge on any atom is 0.0368 e. The summed E-state index contributed by atoms with van der Waals surface area (Å²) in [5.41, 5.74) is 8.35. The maximum atomic E-state index is 5.65. The van der Waals surface area contributed by atoms with Crippen molar-refractivity contribution in [3.8, 4) is 0 Å². The number of rotatable bonds is 5. The number of nitrogens with zero attached hydrogens (tertiary/aromatic N) is 1. The molecule has 2 heteroatoms. The lowest BCUT2D eigenvalue weighted by atomic mass is 10.1. The zero-order valence-corrected chi connectivity index (χ0v) is 10.9. The fraction of sp³-hybridized carbons (Fsp3) is 0.600. The van der Waals surface area contributed by atoms with Crippen molar-refractivity contribution >= 4 is 5.69 Å². The third-order valence-corrected chi connectivity index (χ3v) is 3.73. The number of benzene rings is 1. The molecule has 1 aliphatic carbocycles. The smallest absolute Gasteiger partial charge is 0.0368 e. The lowest BCUT2D eigenvalue weighted by Gasteiger charge is -2.31. The molecule has 0 amide bonds. The second kappa shape index (κ2) is 6.06. The molecule has 0 unspecified atom stereocenters. The molecule has 1 aliphatic rings. The van der Waals surface area contributed by atoms with Crippen LogP contribution in [0.4, 0.5) is 5.69 Å². The van der Waals surface area contributed by atoms with Gasteiger partial charge in [-0.15, -0.1) is 0 Å². The molecule has 0 atom stereocenters. The van der Waals surface area contributed by atoms with Crippen LogP contribution in [-0.4, -0.2) is 19.1 Å². The number of hydrogen-bond acceptors (Lipinski definition) is 2. The van der Waals surface area contributed by atoms with Gasteiger partial charge < -0.3 is 10.6 Å². The minimum Gasteiger partial charge on any atom is -0.369 e. The second-order valence-corrected chi connectivity index (χ2v) is 5.11. The van der Waals surface area contributed by atoms with Crippen LogP contribution in [0.15, 0.2) is 24.3 Å². The van der Waals surface area contributed by atoms with E-state index in [2.05, 4.69) is 36.1 Å². The predicted molar refractivity (Wildman–Crippen MR) is 74.5 cm³/mol. The number of aryl methyl sites for hydroxylation is 1. The van der Waals surface area contributed by atoms with Gasteiger partial charge in [0.15, 0.2) is 0 Å². The molecule has 1 saturated carbocycles. The van der Waals surface area contributed by atoms with Crippen molar-refractivity contribution < 1.29 is 0 Å². The van der Waals surface area contributed by atoms with E-state index in [1.807, 2.05) is 0 Å². The predicted octanol–water partition coefficient (Wildman–Crippen LogP) is 3.09. The Balaban J connectivity index is 2.10. The summed E-state index contributed by atoms with van der Waals surface area (Å²) in [6.45, 7) is 4.03. The summed E-state index contributed by atoms with van der Waals surface area (Å²) in [6, 6.07) is 9.66. The first-order valence-electron chi connectivity index (χ1n) is 6.84. The zero-order chi connectivity index (χ0) is 12.1. The van der Waals surface area contributed by atoms with Gasteiger partial charge in [0.1, 0.15) is 0 Å². The second-order valence-electron chi connectivity index (χ2n) is 5.11. The van der Waals surface area contributed by atoms with Crippen molar-refractivity contribution in [2.45, 2.75) is 45.1 Å². The Kier molecular flexibility index (Phi) is 4.43. The first-order chi connectivity index (χ1) is 8.31. The minimum absolute atomic E-state index is 0.740. The summed E-state index contributed by atoms with van der Waals surface area (Å²) in [6.07, 6.45) is 6.55. The molecule has 17 heavy (non-hydrogen) atoms. The van der Waals surface area contributed by atoms with Crippen molar-refractivity contribution in [1.29, 1.82) is 0 Å². The van der Waals surface area contributed by atoms with Crippen LogP contribution in [0.2, 0.25) is 0 Å². The van der Waals surface area contributed by atoms with Gasteiger partial charge in [0.25, 0.3) is 0 Å². The molecule has 0 aromatic heterocycles. The molecule has 2 nitrogen and oxygen atoms in total. The Morgan fingerprint density at radius 3 is 2.41 bits per heavy atom. The summed E-state index contributed by atoms with van der Waals surface area (Å²) in [5.74, 6) is 0. The molecule has 0 radical (unpaired) electrons. The van der Waals surface area contributed by atoms with Gasteiger partial charge in [0.2, 0.25) is 0 Å². The van der Waals surface area contributed by atoms with Crippen molar-refractivity contribution in [3.63, 3.8) is 0 Å². The molecule has 0 bridgehead atoms. The summed E-state index contributed by atoms with van der Waals surface area (Å²) in [5, 5.41) is 0. The van der Waals surface area contributed by atoms with Gasteiger partial charge in [0, 0.05) is 18.3 Å². The molecule has 0 spiro atoms. The Hall–Kier alpha value is -1.02. The summed E-state index contributed by atoms with van der Waals surface area (Å²) in [7, 11) is 0. The first-order valence-corrected chi connectivity index (χ1v) is 6.84. The maximum absolute atomic E-state index is 5.65. The SMILES string of the molecule is Cc1ccc(N(CCCN)C2CCCC2)cc1. The average Bonchev–Trinajstić information content (AvgIpc) is 2.85. The molecule has 2 N–H and O–H groups in total. The summed E-state index contributed by atoms with van der Waals surface area (Å²) in [4.78, 5) is 2.57. The van der Waals surface area contributed by atoms with Crippen LogP contribution in [0, 0.1) is 6.92 Å². The van der Waals surface area contributed by atoms with Crippen molar-refractivity contribution in [1.82, 2.24) is 0 Å². The van der Waals surface area contributed by atoms with E-state index in [0.717, 1.165) is 25.6 Å². The fourth-order valence-corrected chi connectivity index (χ4v) is 2.74. The number of hydrogen-bond donors (Lipinski definition) is 1. The highest BCUT2D eigenvalue weighted by molar-refractivity contribution is 5.48.